The van der Waals surface area contributed by atoms with E-state index in [4.69, 9.17) is 11.6 Å². The van der Waals surface area contributed by atoms with Gasteiger partial charge in [0.05, 0.1) is 11.9 Å². The van der Waals surface area contributed by atoms with Crippen LogP contribution in [0.3, 0.4) is 0 Å². The van der Waals surface area contributed by atoms with Crippen molar-refractivity contribution in [1.29, 1.82) is 0 Å². The molecule has 0 heterocycles. The Kier molecular flexibility index (Phi) is 5.98. The third-order valence-electron chi connectivity index (χ3n) is 4.07. The molecule has 0 saturated heterocycles. The number of hydrogen-bond donors (Lipinski definition) is 1. The Morgan fingerprint density at radius 2 is 1.69 bits per heavy atom. The van der Waals surface area contributed by atoms with E-state index in [-0.39, 0.29) is 0 Å². The van der Waals surface area contributed by atoms with Crippen LogP contribution in [-0.4, -0.2) is 26.6 Å². The van der Waals surface area contributed by atoms with Gasteiger partial charge >= 0.3 is 0 Å². The lowest BCUT2D eigenvalue weighted by Gasteiger charge is -2.29. The van der Waals surface area contributed by atoms with Crippen LogP contribution in [0.5, 0.6) is 0 Å². The van der Waals surface area contributed by atoms with Gasteiger partial charge in [-0.1, -0.05) is 23.7 Å². The molecule has 0 aliphatic carbocycles. The zero-order valence-corrected chi connectivity index (χ0v) is 17.1. The number of aryl methyl sites for hydroxylation is 2. The van der Waals surface area contributed by atoms with E-state index in [9.17, 15) is 13.2 Å². The fourth-order valence-corrected chi connectivity index (χ4v) is 4.20. The fraction of sp³-hybridized carbons (Fsp3) is 0.316. The van der Waals surface area contributed by atoms with Crippen molar-refractivity contribution in [3.63, 3.8) is 0 Å². The minimum atomic E-state index is -3.66. The zero-order valence-electron chi connectivity index (χ0n) is 15.5. The van der Waals surface area contributed by atoms with Crippen LogP contribution in [0.2, 0.25) is 5.02 Å². The summed E-state index contributed by atoms with van der Waals surface area (Å²) < 4.78 is 25.9. The number of nitrogens with one attached hydrogen (secondary N) is 1. The summed E-state index contributed by atoms with van der Waals surface area (Å²) in [5.74, 6) is -0.431. The first-order valence-corrected chi connectivity index (χ1v) is 10.4. The van der Waals surface area contributed by atoms with E-state index in [1.165, 1.54) is 0 Å². The number of carbonyl (C=O) groups excluding carboxylic acids is 1. The maximum Gasteiger partial charge on any atom is 0.248 e. The first-order valence-electron chi connectivity index (χ1n) is 8.14. The normalized spacial score (nSPS) is 12.5. The highest BCUT2D eigenvalue weighted by molar-refractivity contribution is 7.92. The van der Waals surface area contributed by atoms with Crippen molar-refractivity contribution >= 4 is 38.9 Å². The predicted octanol–water partition coefficient (Wildman–Crippen LogP) is 4.06. The standard InChI is InChI=1S/C19H23ClN2O3S/c1-12-9-13(2)11-16(10-12)22(26(5,24)25)15(4)19(23)21-18-8-6-7-17(20)14(18)3/h6-11,15H,1-5H3,(H,21,23)/t15-/m0/s1. The van der Waals surface area contributed by atoms with Gasteiger partial charge < -0.3 is 5.32 Å². The van der Waals surface area contributed by atoms with E-state index in [0.717, 1.165) is 27.3 Å². The van der Waals surface area contributed by atoms with Gasteiger partial charge in [0.15, 0.2) is 0 Å². The maximum absolute atomic E-state index is 12.7. The Morgan fingerprint density at radius 3 is 2.23 bits per heavy atom. The summed E-state index contributed by atoms with van der Waals surface area (Å²) in [6.45, 7) is 7.13. The molecule has 0 fully saturated rings. The second-order valence-electron chi connectivity index (χ2n) is 6.48. The van der Waals surface area contributed by atoms with Crippen molar-refractivity contribution in [1.82, 2.24) is 0 Å². The molecule has 0 saturated carbocycles. The molecule has 1 N–H and O–H groups in total. The third-order valence-corrected chi connectivity index (χ3v) is 5.73. The number of sulfonamides is 1. The van der Waals surface area contributed by atoms with Gasteiger partial charge in [0.1, 0.15) is 6.04 Å². The molecular formula is C19H23ClN2O3S. The van der Waals surface area contributed by atoms with Crippen molar-refractivity contribution in [2.45, 2.75) is 33.7 Å². The number of amides is 1. The first kappa shape index (κ1) is 20.3. The third kappa shape index (κ3) is 4.56. The molecule has 0 bridgehead atoms. The smallest absolute Gasteiger partial charge is 0.248 e. The molecule has 0 spiro atoms. The summed E-state index contributed by atoms with van der Waals surface area (Å²) in [5.41, 5.74) is 3.60. The van der Waals surface area contributed by atoms with Crippen LogP contribution < -0.4 is 9.62 Å². The quantitative estimate of drug-likeness (QED) is 0.831. The van der Waals surface area contributed by atoms with E-state index in [2.05, 4.69) is 5.32 Å². The molecule has 1 amide bonds. The average Bonchev–Trinajstić information content (AvgIpc) is 2.49. The topological polar surface area (TPSA) is 66.5 Å². The fourth-order valence-electron chi connectivity index (χ4n) is 2.87. The molecule has 2 aromatic rings. The van der Waals surface area contributed by atoms with Crippen molar-refractivity contribution in [3.05, 3.63) is 58.1 Å². The minimum Gasteiger partial charge on any atom is -0.324 e. The summed E-state index contributed by atoms with van der Waals surface area (Å²) in [4.78, 5) is 12.7. The monoisotopic (exact) mass is 394 g/mol. The van der Waals surface area contributed by atoms with Gasteiger partial charge in [0.2, 0.25) is 15.9 Å². The summed E-state index contributed by atoms with van der Waals surface area (Å²) in [6.07, 6.45) is 1.10. The minimum absolute atomic E-state index is 0.431. The first-order chi connectivity index (χ1) is 12.0. The Morgan fingerprint density at radius 1 is 1.12 bits per heavy atom. The van der Waals surface area contributed by atoms with Crippen molar-refractivity contribution < 1.29 is 13.2 Å². The number of benzene rings is 2. The summed E-state index contributed by atoms with van der Waals surface area (Å²) in [6, 6.07) is 9.72. The number of halogens is 1. The molecule has 5 nitrogen and oxygen atoms in total. The highest BCUT2D eigenvalue weighted by Gasteiger charge is 2.29. The Labute approximate surface area is 160 Å². The molecule has 140 valence electrons. The highest BCUT2D eigenvalue weighted by atomic mass is 35.5. The van der Waals surface area contributed by atoms with Gasteiger partial charge in [-0.05, 0) is 68.7 Å². The summed E-state index contributed by atoms with van der Waals surface area (Å²) in [5, 5.41) is 3.31. The van der Waals surface area contributed by atoms with E-state index in [1.54, 1.807) is 44.2 Å². The van der Waals surface area contributed by atoms with E-state index in [0.29, 0.717) is 16.4 Å². The Hall–Kier alpha value is -2.05. The lowest BCUT2D eigenvalue weighted by molar-refractivity contribution is -0.116. The SMILES string of the molecule is Cc1cc(C)cc(N([C@@H](C)C(=O)Nc2cccc(Cl)c2C)S(C)(=O)=O)c1. The molecule has 0 radical (unpaired) electrons. The zero-order chi connectivity index (χ0) is 19.6. The van der Waals surface area contributed by atoms with E-state index < -0.39 is 22.0 Å². The van der Waals surface area contributed by atoms with E-state index in [1.807, 2.05) is 19.9 Å². The van der Waals surface area contributed by atoms with Crippen LogP contribution in [0.1, 0.15) is 23.6 Å². The number of hydrogen-bond acceptors (Lipinski definition) is 3. The largest absolute Gasteiger partial charge is 0.324 e. The van der Waals surface area contributed by atoms with Crippen molar-refractivity contribution in [3.8, 4) is 0 Å². The second-order valence-corrected chi connectivity index (χ2v) is 8.75. The number of anilines is 2. The van der Waals surface area contributed by atoms with Gasteiger partial charge in [0.25, 0.3) is 0 Å². The molecule has 7 heteroatoms. The lowest BCUT2D eigenvalue weighted by atomic mass is 10.1. The lowest BCUT2D eigenvalue weighted by Crippen LogP contribution is -2.45. The molecule has 26 heavy (non-hydrogen) atoms. The van der Waals surface area contributed by atoms with Crippen LogP contribution in [0, 0.1) is 20.8 Å². The van der Waals surface area contributed by atoms with Gasteiger partial charge in [-0.25, -0.2) is 8.42 Å². The highest BCUT2D eigenvalue weighted by Crippen LogP contribution is 2.26. The average molecular weight is 395 g/mol. The van der Waals surface area contributed by atoms with Crippen LogP contribution in [0.15, 0.2) is 36.4 Å². The van der Waals surface area contributed by atoms with Gasteiger partial charge in [-0.15, -0.1) is 0 Å². The van der Waals surface area contributed by atoms with E-state index >= 15 is 0 Å². The molecule has 2 aromatic carbocycles. The van der Waals surface area contributed by atoms with Gasteiger partial charge in [-0.3, -0.25) is 9.10 Å². The van der Waals surface area contributed by atoms with Crippen LogP contribution >= 0.6 is 11.6 Å². The van der Waals surface area contributed by atoms with Gasteiger partial charge in [-0.2, -0.15) is 0 Å². The van der Waals surface area contributed by atoms with Crippen LogP contribution in [0.4, 0.5) is 11.4 Å². The Bertz CT molecular complexity index is 922. The molecule has 0 aliphatic rings. The molecule has 0 unspecified atom stereocenters. The van der Waals surface area contributed by atoms with Crippen molar-refractivity contribution in [2.75, 3.05) is 15.9 Å². The number of carbonyl (C=O) groups is 1. The summed E-state index contributed by atoms with van der Waals surface area (Å²) >= 11 is 6.09. The summed E-state index contributed by atoms with van der Waals surface area (Å²) in [7, 11) is -3.66. The molecule has 1 atom stereocenters. The number of rotatable bonds is 5. The van der Waals surface area contributed by atoms with Crippen LogP contribution in [0.25, 0.3) is 0 Å². The Balaban J connectivity index is 2.39. The van der Waals surface area contributed by atoms with Crippen LogP contribution in [-0.2, 0) is 14.8 Å². The second kappa shape index (κ2) is 7.68. The maximum atomic E-state index is 12.7. The predicted molar refractivity (Wildman–Crippen MR) is 108 cm³/mol. The molecule has 2 rings (SSSR count). The molecule has 0 aromatic heterocycles. The molecule has 0 aliphatic heterocycles. The van der Waals surface area contributed by atoms with Crippen molar-refractivity contribution in [2.24, 2.45) is 0 Å². The van der Waals surface area contributed by atoms with Gasteiger partial charge in [0, 0.05) is 10.7 Å². The molecular weight excluding hydrogens is 372 g/mol. The number of nitrogens with zero attached hydrogens (tertiary/aromatic N) is 1.